The number of anilines is 1. The zero-order valence-corrected chi connectivity index (χ0v) is 17.5. The lowest BCUT2D eigenvalue weighted by Gasteiger charge is -2.26. The molecule has 7 nitrogen and oxygen atoms in total. The van der Waals surface area contributed by atoms with E-state index in [4.69, 9.17) is 10.5 Å². The van der Waals surface area contributed by atoms with Gasteiger partial charge < -0.3 is 15.8 Å². The molecule has 3 rings (SSSR count). The zero-order valence-electron chi connectivity index (χ0n) is 16.7. The van der Waals surface area contributed by atoms with Gasteiger partial charge in [0.15, 0.2) is 5.96 Å². The van der Waals surface area contributed by atoms with Gasteiger partial charge in [-0.05, 0) is 35.2 Å². The molecule has 2 aromatic rings. The first kappa shape index (κ1) is 21.3. The van der Waals surface area contributed by atoms with Crippen LogP contribution in [0.25, 0.3) is 0 Å². The Hall–Kier alpha value is -2.42. The molecule has 0 radical (unpaired) electrons. The van der Waals surface area contributed by atoms with E-state index in [9.17, 15) is 8.42 Å². The highest BCUT2D eigenvalue weighted by molar-refractivity contribution is 7.88. The van der Waals surface area contributed by atoms with Crippen LogP contribution in [0.2, 0.25) is 0 Å². The maximum absolute atomic E-state index is 12.7. The molecule has 0 amide bonds. The third-order valence-electron chi connectivity index (χ3n) is 4.85. The second kappa shape index (κ2) is 9.87. The van der Waals surface area contributed by atoms with Gasteiger partial charge in [-0.1, -0.05) is 43.3 Å². The largest absolute Gasteiger partial charge is 0.379 e. The van der Waals surface area contributed by atoms with Crippen molar-refractivity contribution in [3.63, 3.8) is 0 Å². The number of nitrogens with two attached hydrogens (primary N) is 1. The van der Waals surface area contributed by atoms with Crippen molar-refractivity contribution in [2.24, 2.45) is 10.7 Å². The van der Waals surface area contributed by atoms with Gasteiger partial charge in [0.1, 0.15) is 0 Å². The van der Waals surface area contributed by atoms with Crippen molar-refractivity contribution in [2.45, 2.75) is 25.6 Å². The molecule has 1 heterocycles. The zero-order chi connectivity index (χ0) is 20.7. The predicted octanol–water partition coefficient (Wildman–Crippen LogP) is 2.34. The molecule has 8 heteroatoms. The van der Waals surface area contributed by atoms with Gasteiger partial charge in [-0.25, -0.2) is 13.4 Å². The summed E-state index contributed by atoms with van der Waals surface area (Å²) < 4.78 is 32.2. The maximum atomic E-state index is 12.7. The van der Waals surface area contributed by atoms with Crippen molar-refractivity contribution < 1.29 is 13.2 Å². The lowest BCUT2D eigenvalue weighted by Crippen LogP contribution is -2.41. The number of hydrogen-bond acceptors (Lipinski definition) is 4. The van der Waals surface area contributed by atoms with Crippen molar-refractivity contribution in [1.82, 2.24) is 4.31 Å². The van der Waals surface area contributed by atoms with Crippen LogP contribution in [0.15, 0.2) is 53.5 Å². The number of ether oxygens (including phenoxy) is 1. The first-order valence-electron chi connectivity index (χ1n) is 9.76. The van der Waals surface area contributed by atoms with E-state index in [1.165, 1.54) is 9.87 Å². The summed E-state index contributed by atoms with van der Waals surface area (Å²) in [5, 5.41) is 3.09. The number of nitrogens with one attached hydrogen (secondary N) is 1. The number of sulfonamides is 1. The quantitative estimate of drug-likeness (QED) is 0.533. The Morgan fingerprint density at radius 2 is 1.86 bits per heavy atom. The van der Waals surface area contributed by atoms with Gasteiger partial charge in [0.2, 0.25) is 10.0 Å². The van der Waals surface area contributed by atoms with Gasteiger partial charge >= 0.3 is 0 Å². The number of hydrogen-bond donors (Lipinski definition) is 2. The van der Waals surface area contributed by atoms with Crippen LogP contribution in [0.1, 0.15) is 23.6 Å². The van der Waals surface area contributed by atoms with Crippen LogP contribution < -0.4 is 11.1 Å². The average Bonchev–Trinajstić information content (AvgIpc) is 2.73. The van der Waals surface area contributed by atoms with Crippen LogP contribution in [-0.2, 0) is 33.5 Å². The lowest BCUT2D eigenvalue weighted by molar-refractivity contribution is 0.0729. The van der Waals surface area contributed by atoms with Crippen LogP contribution in [0.3, 0.4) is 0 Å². The first-order valence-corrected chi connectivity index (χ1v) is 11.4. The number of aliphatic imine (C=N–C) groups is 1. The van der Waals surface area contributed by atoms with Crippen LogP contribution in [0.5, 0.6) is 0 Å². The Bertz CT molecular complexity index is 954. The summed E-state index contributed by atoms with van der Waals surface area (Å²) in [6, 6.07) is 15.4. The predicted molar refractivity (Wildman–Crippen MR) is 116 cm³/mol. The summed E-state index contributed by atoms with van der Waals surface area (Å²) in [6.07, 6.45) is 0.942. The van der Waals surface area contributed by atoms with Gasteiger partial charge in [0.05, 0.1) is 25.5 Å². The van der Waals surface area contributed by atoms with Crippen molar-refractivity contribution in [3.05, 3.63) is 65.2 Å². The minimum Gasteiger partial charge on any atom is -0.379 e. The van der Waals surface area contributed by atoms with E-state index in [1.807, 2.05) is 42.5 Å². The van der Waals surface area contributed by atoms with E-state index in [-0.39, 0.29) is 5.75 Å². The van der Waals surface area contributed by atoms with Crippen LogP contribution in [0, 0.1) is 0 Å². The van der Waals surface area contributed by atoms with E-state index < -0.39 is 10.0 Å². The number of benzene rings is 2. The normalized spacial score (nSPS) is 16.0. The molecule has 0 aromatic heterocycles. The average molecular weight is 417 g/mol. The van der Waals surface area contributed by atoms with Crippen molar-refractivity contribution in [2.75, 3.05) is 31.6 Å². The third kappa shape index (κ3) is 6.03. The topological polar surface area (TPSA) is 97.0 Å². The molecule has 0 spiro atoms. The smallest absolute Gasteiger partial charge is 0.218 e. The molecule has 1 fully saturated rings. The number of aryl methyl sites for hydroxylation is 1. The maximum Gasteiger partial charge on any atom is 0.218 e. The monoisotopic (exact) mass is 416 g/mol. The summed E-state index contributed by atoms with van der Waals surface area (Å²) >= 11 is 0. The van der Waals surface area contributed by atoms with E-state index in [1.54, 1.807) is 0 Å². The third-order valence-corrected chi connectivity index (χ3v) is 6.67. The molecule has 0 unspecified atom stereocenters. The first-order chi connectivity index (χ1) is 14.0. The molecule has 1 aliphatic rings. The fourth-order valence-corrected chi connectivity index (χ4v) is 4.75. The second-order valence-electron chi connectivity index (χ2n) is 6.92. The molecule has 0 atom stereocenters. The molecule has 156 valence electrons. The number of rotatable bonds is 7. The summed E-state index contributed by atoms with van der Waals surface area (Å²) in [4.78, 5) is 4.40. The van der Waals surface area contributed by atoms with Crippen LogP contribution in [-0.4, -0.2) is 45.0 Å². The second-order valence-corrected chi connectivity index (χ2v) is 8.89. The molecule has 0 bridgehead atoms. The molecule has 29 heavy (non-hydrogen) atoms. The summed E-state index contributed by atoms with van der Waals surface area (Å²) in [5.41, 5.74) is 9.71. The standard InChI is InChI=1S/C21H28N4O3S/c1-2-17-6-5-9-20(14-17)24-21(22)23-15-18-7-3-4-8-19(18)16-29(26,27)25-10-12-28-13-11-25/h3-9,14H,2,10-13,15-16H2,1H3,(H3,22,23,24). The number of morpholine rings is 1. The Morgan fingerprint density at radius 3 is 2.59 bits per heavy atom. The van der Waals surface area contributed by atoms with Gasteiger partial charge in [0.25, 0.3) is 0 Å². The lowest BCUT2D eigenvalue weighted by atomic mass is 10.1. The molecular weight excluding hydrogens is 388 g/mol. The van der Waals surface area contributed by atoms with Gasteiger partial charge in [-0.15, -0.1) is 0 Å². The van der Waals surface area contributed by atoms with Gasteiger partial charge in [-0.2, -0.15) is 4.31 Å². The SMILES string of the molecule is CCc1cccc(NC(N)=NCc2ccccc2CS(=O)(=O)N2CCOCC2)c1. The van der Waals surface area contributed by atoms with E-state index in [2.05, 4.69) is 23.3 Å². The van der Waals surface area contributed by atoms with Crippen molar-refractivity contribution in [1.29, 1.82) is 0 Å². The minimum absolute atomic E-state index is 0.0510. The summed E-state index contributed by atoms with van der Waals surface area (Å²) in [6.45, 7) is 4.07. The fourth-order valence-electron chi connectivity index (χ4n) is 3.19. The highest BCUT2D eigenvalue weighted by Gasteiger charge is 2.25. The number of nitrogens with zero attached hydrogens (tertiary/aromatic N) is 2. The highest BCUT2D eigenvalue weighted by atomic mass is 32.2. The molecule has 0 saturated carbocycles. The Kier molecular flexibility index (Phi) is 7.24. The summed E-state index contributed by atoms with van der Waals surface area (Å²) in [5.74, 6) is 0.244. The minimum atomic E-state index is -3.40. The molecule has 2 aromatic carbocycles. The van der Waals surface area contributed by atoms with Crippen molar-refractivity contribution >= 4 is 21.7 Å². The van der Waals surface area contributed by atoms with Crippen LogP contribution in [0.4, 0.5) is 5.69 Å². The van der Waals surface area contributed by atoms with Crippen LogP contribution >= 0.6 is 0 Å². The molecule has 1 aliphatic heterocycles. The highest BCUT2D eigenvalue weighted by Crippen LogP contribution is 2.17. The molecular formula is C21H28N4O3S. The Labute approximate surface area is 172 Å². The van der Waals surface area contributed by atoms with Gasteiger partial charge in [-0.3, -0.25) is 0 Å². The molecule has 3 N–H and O–H groups in total. The fraction of sp³-hybridized carbons (Fsp3) is 0.381. The van der Waals surface area contributed by atoms with Gasteiger partial charge in [0, 0.05) is 18.8 Å². The van der Waals surface area contributed by atoms with E-state index in [0.29, 0.717) is 38.8 Å². The Balaban J connectivity index is 1.69. The van der Waals surface area contributed by atoms with Crippen molar-refractivity contribution in [3.8, 4) is 0 Å². The molecule has 0 aliphatic carbocycles. The summed E-state index contributed by atoms with van der Waals surface area (Å²) in [7, 11) is -3.40. The molecule has 1 saturated heterocycles. The number of guanidine groups is 1. The van der Waals surface area contributed by atoms with E-state index >= 15 is 0 Å². The van der Waals surface area contributed by atoms with E-state index in [0.717, 1.165) is 23.2 Å². The Morgan fingerprint density at radius 1 is 1.14 bits per heavy atom.